The van der Waals surface area contributed by atoms with E-state index in [0.717, 1.165) is 22.5 Å². The highest BCUT2D eigenvalue weighted by Crippen LogP contribution is 2.28. The molecule has 1 atom stereocenters. The molecule has 3 N–H and O–H groups in total. The van der Waals surface area contributed by atoms with E-state index in [1.165, 1.54) is 18.7 Å². The summed E-state index contributed by atoms with van der Waals surface area (Å²) in [5.41, 5.74) is 6.07. The van der Waals surface area contributed by atoms with Crippen LogP contribution in [0.25, 0.3) is 0 Å². The quantitative estimate of drug-likeness (QED) is 0.352. The first kappa shape index (κ1) is 24.1. The number of para-hydroxylation sites is 1. The SMILES string of the molecule is C=C(/C(C=N)=C(/C)CC(C)=O)N(CC(O)CNc1ccc(C)cc1)c1ccccc1C. The van der Waals surface area contributed by atoms with E-state index in [1.54, 1.807) is 0 Å². The lowest BCUT2D eigenvalue weighted by molar-refractivity contribution is -0.116. The van der Waals surface area contributed by atoms with Gasteiger partial charge in [0.05, 0.1) is 12.6 Å². The molecule has 0 heterocycles. The lowest BCUT2D eigenvalue weighted by atomic mass is 10.0. The first-order chi connectivity index (χ1) is 14.7. The summed E-state index contributed by atoms with van der Waals surface area (Å²) in [6.07, 6.45) is 0.823. The van der Waals surface area contributed by atoms with Crippen molar-refractivity contribution in [2.75, 3.05) is 23.3 Å². The van der Waals surface area contributed by atoms with Gasteiger partial charge in [0.2, 0.25) is 0 Å². The summed E-state index contributed by atoms with van der Waals surface area (Å²) in [5, 5.41) is 22.0. The lowest BCUT2D eigenvalue weighted by Crippen LogP contribution is -2.36. The number of anilines is 2. The summed E-state index contributed by atoms with van der Waals surface area (Å²) >= 11 is 0. The number of benzene rings is 2. The molecule has 0 amide bonds. The molecule has 0 aliphatic heterocycles. The topological polar surface area (TPSA) is 76.4 Å². The Bertz CT molecular complexity index is 961. The average molecular weight is 420 g/mol. The summed E-state index contributed by atoms with van der Waals surface area (Å²) in [6.45, 7) is 12.3. The zero-order valence-corrected chi connectivity index (χ0v) is 18.9. The molecule has 0 radical (unpaired) electrons. The van der Waals surface area contributed by atoms with Crippen molar-refractivity contribution in [3.63, 3.8) is 0 Å². The minimum atomic E-state index is -0.683. The molecule has 164 valence electrons. The highest BCUT2D eigenvalue weighted by Gasteiger charge is 2.20. The number of Topliss-reactive ketones (excluding diaryl/α,β-unsaturated/α-hetero) is 1. The summed E-state index contributed by atoms with van der Waals surface area (Å²) in [4.78, 5) is 13.5. The molecule has 0 spiro atoms. The second-order valence-corrected chi connectivity index (χ2v) is 7.96. The van der Waals surface area contributed by atoms with Crippen LogP contribution in [0.4, 0.5) is 11.4 Å². The number of ketones is 1. The van der Waals surface area contributed by atoms with E-state index in [1.807, 2.05) is 74.2 Å². The minimum Gasteiger partial charge on any atom is -0.389 e. The Kier molecular flexibility index (Phi) is 8.76. The van der Waals surface area contributed by atoms with Gasteiger partial charge < -0.3 is 20.7 Å². The molecule has 0 saturated heterocycles. The second kappa shape index (κ2) is 11.3. The Morgan fingerprint density at radius 1 is 1.16 bits per heavy atom. The summed E-state index contributed by atoms with van der Waals surface area (Å²) < 4.78 is 0. The van der Waals surface area contributed by atoms with Crippen molar-refractivity contribution < 1.29 is 9.90 Å². The van der Waals surface area contributed by atoms with Crippen LogP contribution in [0, 0.1) is 19.3 Å². The number of hydrogen-bond donors (Lipinski definition) is 3. The summed E-state index contributed by atoms with van der Waals surface area (Å²) in [7, 11) is 0. The Labute approximate surface area is 185 Å². The van der Waals surface area contributed by atoms with Crippen molar-refractivity contribution in [1.29, 1.82) is 5.41 Å². The van der Waals surface area contributed by atoms with Crippen molar-refractivity contribution in [1.82, 2.24) is 0 Å². The van der Waals surface area contributed by atoms with Crippen molar-refractivity contribution in [3.8, 4) is 0 Å². The molecular weight excluding hydrogens is 386 g/mol. The van der Waals surface area contributed by atoms with Gasteiger partial charge in [0.25, 0.3) is 0 Å². The molecular formula is C26H33N3O2. The number of carbonyl (C=O) groups is 1. The molecule has 0 bridgehead atoms. The van der Waals surface area contributed by atoms with Crippen LogP contribution in [-0.2, 0) is 4.79 Å². The van der Waals surface area contributed by atoms with E-state index < -0.39 is 6.10 Å². The Hall–Kier alpha value is -3.18. The van der Waals surface area contributed by atoms with Crippen LogP contribution in [0.15, 0.2) is 72.0 Å². The number of nitrogens with zero attached hydrogens (tertiary/aromatic N) is 1. The molecule has 2 aromatic carbocycles. The number of hydrogen-bond acceptors (Lipinski definition) is 5. The molecule has 0 aliphatic carbocycles. The average Bonchev–Trinajstić information content (AvgIpc) is 2.72. The van der Waals surface area contributed by atoms with Crippen LogP contribution in [0.1, 0.15) is 31.4 Å². The fourth-order valence-electron chi connectivity index (χ4n) is 3.47. The van der Waals surface area contributed by atoms with Crippen molar-refractivity contribution in [3.05, 3.63) is 83.1 Å². The van der Waals surface area contributed by atoms with E-state index in [-0.39, 0.29) is 12.2 Å². The van der Waals surface area contributed by atoms with Gasteiger partial charge in [-0.25, -0.2) is 0 Å². The van der Waals surface area contributed by atoms with Crippen molar-refractivity contribution in [2.24, 2.45) is 0 Å². The highest BCUT2D eigenvalue weighted by atomic mass is 16.3. The van der Waals surface area contributed by atoms with Crippen LogP contribution in [0.3, 0.4) is 0 Å². The minimum absolute atomic E-state index is 0.0365. The van der Waals surface area contributed by atoms with Gasteiger partial charge in [-0.15, -0.1) is 0 Å². The monoisotopic (exact) mass is 419 g/mol. The molecule has 0 fully saturated rings. The number of allylic oxidation sites excluding steroid dienone is 2. The molecule has 0 aromatic heterocycles. The van der Waals surface area contributed by atoms with Crippen LogP contribution >= 0.6 is 0 Å². The third kappa shape index (κ3) is 6.93. The predicted molar refractivity (Wildman–Crippen MR) is 130 cm³/mol. The van der Waals surface area contributed by atoms with Crippen LogP contribution < -0.4 is 10.2 Å². The fourth-order valence-corrected chi connectivity index (χ4v) is 3.47. The Morgan fingerprint density at radius 2 is 1.81 bits per heavy atom. The number of nitrogens with one attached hydrogen (secondary N) is 2. The third-order valence-corrected chi connectivity index (χ3v) is 5.15. The molecule has 31 heavy (non-hydrogen) atoms. The van der Waals surface area contributed by atoms with E-state index in [9.17, 15) is 9.90 Å². The van der Waals surface area contributed by atoms with Crippen LogP contribution in [-0.4, -0.2) is 36.3 Å². The summed E-state index contributed by atoms with van der Waals surface area (Å²) in [6, 6.07) is 15.9. The first-order valence-electron chi connectivity index (χ1n) is 10.4. The normalized spacial score (nSPS) is 12.5. The third-order valence-electron chi connectivity index (χ3n) is 5.15. The van der Waals surface area contributed by atoms with Gasteiger partial charge in [0, 0.05) is 41.8 Å². The smallest absolute Gasteiger partial charge is 0.133 e. The van der Waals surface area contributed by atoms with Gasteiger partial charge >= 0.3 is 0 Å². The van der Waals surface area contributed by atoms with E-state index >= 15 is 0 Å². The zero-order chi connectivity index (χ0) is 23.0. The fraction of sp³-hybridized carbons (Fsp3) is 0.308. The number of aliphatic hydroxyl groups excluding tert-OH is 1. The van der Waals surface area contributed by atoms with Gasteiger partial charge in [-0.3, -0.25) is 4.79 Å². The zero-order valence-electron chi connectivity index (χ0n) is 18.9. The molecule has 0 saturated carbocycles. The Balaban J connectivity index is 2.27. The maximum Gasteiger partial charge on any atom is 0.133 e. The molecule has 1 unspecified atom stereocenters. The van der Waals surface area contributed by atoms with E-state index in [0.29, 0.717) is 24.4 Å². The summed E-state index contributed by atoms with van der Waals surface area (Å²) in [5.74, 6) is 0.0365. The van der Waals surface area contributed by atoms with Crippen LogP contribution in [0.5, 0.6) is 0 Å². The largest absolute Gasteiger partial charge is 0.389 e. The van der Waals surface area contributed by atoms with Gasteiger partial charge in [-0.1, -0.05) is 48.0 Å². The van der Waals surface area contributed by atoms with Gasteiger partial charge in [0.1, 0.15) is 5.78 Å². The number of aliphatic hydroxyl groups is 1. The maximum absolute atomic E-state index is 11.6. The van der Waals surface area contributed by atoms with Gasteiger partial charge in [-0.2, -0.15) is 0 Å². The van der Waals surface area contributed by atoms with Crippen molar-refractivity contribution in [2.45, 2.75) is 40.2 Å². The first-order valence-corrected chi connectivity index (χ1v) is 10.4. The molecule has 0 aliphatic rings. The van der Waals surface area contributed by atoms with E-state index in [2.05, 4.69) is 11.9 Å². The molecule has 5 nitrogen and oxygen atoms in total. The number of rotatable bonds is 11. The highest BCUT2D eigenvalue weighted by molar-refractivity contribution is 5.88. The predicted octanol–water partition coefficient (Wildman–Crippen LogP) is 5.04. The second-order valence-electron chi connectivity index (χ2n) is 7.96. The van der Waals surface area contributed by atoms with Crippen LogP contribution in [0.2, 0.25) is 0 Å². The van der Waals surface area contributed by atoms with Gasteiger partial charge in [0.15, 0.2) is 0 Å². The Morgan fingerprint density at radius 3 is 2.39 bits per heavy atom. The molecule has 2 aromatic rings. The van der Waals surface area contributed by atoms with Crippen molar-refractivity contribution >= 4 is 23.4 Å². The lowest BCUT2D eigenvalue weighted by Gasteiger charge is -2.31. The number of aryl methyl sites for hydroxylation is 2. The molecule has 2 rings (SSSR count). The number of carbonyl (C=O) groups excluding carboxylic acids is 1. The van der Waals surface area contributed by atoms with E-state index in [4.69, 9.17) is 5.41 Å². The standard InChI is InChI=1S/C26H33N3O2/c1-18-10-12-23(13-11-18)28-16-24(31)17-29(26-9-7-6-8-19(26)2)22(5)25(15-27)20(3)14-21(4)30/h6-13,15,24,27-28,31H,5,14,16-17H2,1-4H3/b25-20-,27-15?. The van der Waals surface area contributed by atoms with Gasteiger partial charge in [-0.05, 0) is 51.5 Å². The maximum atomic E-state index is 11.6. The molecule has 5 heteroatoms.